The molecule has 182 valence electrons. The highest BCUT2D eigenvalue weighted by molar-refractivity contribution is 6.30. The van der Waals surface area contributed by atoms with Gasteiger partial charge in [0, 0.05) is 23.0 Å². The Kier molecular flexibility index (Phi) is 8.71. The summed E-state index contributed by atoms with van der Waals surface area (Å²) < 4.78 is 25.7. The molecule has 8 nitrogen and oxygen atoms in total. The van der Waals surface area contributed by atoms with Crippen molar-refractivity contribution in [3.8, 4) is 11.5 Å². The zero-order chi connectivity index (χ0) is 23.4. The molecule has 3 aromatic rings. The van der Waals surface area contributed by atoms with Gasteiger partial charge in [-0.05, 0) is 50.1 Å². The van der Waals surface area contributed by atoms with Crippen molar-refractivity contribution in [2.75, 3.05) is 32.1 Å². The van der Waals surface area contributed by atoms with E-state index in [-0.39, 0.29) is 30.0 Å². The largest absolute Gasteiger partial charge is 0.493 e. The second-order valence-electron chi connectivity index (χ2n) is 7.79. The molecule has 1 aromatic heterocycles. The number of halogens is 3. The van der Waals surface area contributed by atoms with Crippen molar-refractivity contribution in [3.63, 3.8) is 0 Å². The number of amides is 1. The number of likely N-dealkylation sites (tertiary alicyclic amines) is 1. The number of fused-ring (bicyclic) bond motifs is 1. The number of primary amides is 1. The minimum Gasteiger partial charge on any atom is -0.493 e. The van der Waals surface area contributed by atoms with Gasteiger partial charge in [0.1, 0.15) is 18.0 Å². The Morgan fingerprint density at radius 2 is 2.12 bits per heavy atom. The van der Waals surface area contributed by atoms with E-state index < -0.39 is 5.82 Å². The van der Waals surface area contributed by atoms with Gasteiger partial charge in [-0.3, -0.25) is 9.69 Å². The topological polar surface area (TPSA) is 103 Å². The Labute approximate surface area is 208 Å². The Balaban J connectivity index is 0.00000324. The molecule has 0 spiro atoms. The molecular weight excluding hydrogens is 484 g/mol. The number of benzene rings is 2. The molecule has 0 bridgehead atoms. The van der Waals surface area contributed by atoms with Crippen LogP contribution in [-0.2, 0) is 4.79 Å². The van der Waals surface area contributed by atoms with Crippen LogP contribution < -0.4 is 20.5 Å². The third-order valence-corrected chi connectivity index (χ3v) is 5.88. The molecule has 2 heterocycles. The summed E-state index contributed by atoms with van der Waals surface area (Å²) in [4.78, 5) is 22.2. The summed E-state index contributed by atoms with van der Waals surface area (Å²) in [5.41, 5.74) is 6.34. The Morgan fingerprint density at radius 3 is 2.85 bits per heavy atom. The number of nitrogens with zero attached hydrogens (tertiary/aromatic N) is 3. The zero-order valence-electron chi connectivity index (χ0n) is 18.6. The SMILES string of the molecule is COc1cc2c(Nc3ccc(Cl)cc3F)ncnc2cc1OCCCN1CCCC1C(N)=O.Cl. The summed E-state index contributed by atoms with van der Waals surface area (Å²) in [6.07, 6.45) is 3.91. The Morgan fingerprint density at radius 1 is 1.29 bits per heavy atom. The molecular formula is C23H26Cl2FN5O3. The third-order valence-electron chi connectivity index (χ3n) is 5.64. The number of ether oxygens (including phenoxy) is 2. The van der Waals surface area contributed by atoms with Crippen molar-refractivity contribution >= 4 is 52.3 Å². The van der Waals surface area contributed by atoms with Crippen LogP contribution in [0.5, 0.6) is 11.5 Å². The predicted molar refractivity (Wildman–Crippen MR) is 132 cm³/mol. The summed E-state index contributed by atoms with van der Waals surface area (Å²) in [7, 11) is 1.55. The second-order valence-corrected chi connectivity index (χ2v) is 8.23. The standard InChI is InChI=1S/C23H25ClFN5O3.ClH/c1-32-20-11-15-18(27-13-28-23(15)29-17-6-5-14(24)10-16(17)25)12-21(20)33-9-3-8-30-7-2-4-19(30)22(26)31;/h5-6,10-13,19H,2-4,7-9H2,1H3,(H2,26,31)(H,27,28,29);1H. The van der Waals surface area contributed by atoms with Gasteiger partial charge in [-0.15, -0.1) is 12.4 Å². The van der Waals surface area contributed by atoms with E-state index in [9.17, 15) is 9.18 Å². The van der Waals surface area contributed by atoms with Gasteiger partial charge >= 0.3 is 0 Å². The lowest BCUT2D eigenvalue weighted by molar-refractivity contribution is -0.122. The highest BCUT2D eigenvalue weighted by atomic mass is 35.5. The number of hydrogen-bond donors (Lipinski definition) is 2. The average Bonchev–Trinajstić information content (AvgIpc) is 3.27. The highest BCUT2D eigenvalue weighted by Crippen LogP contribution is 2.35. The van der Waals surface area contributed by atoms with E-state index in [4.69, 9.17) is 26.8 Å². The number of methoxy groups -OCH3 is 1. The molecule has 2 aromatic carbocycles. The van der Waals surface area contributed by atoms with E-state index in [1.807, 2.05) is 0 Å². The maximum absolute atomic E-state index is 14.2. The first-order valence-electron chi connectivity index (χ1n) is 10.7. The predicted octanol–water partition coefficient (Wildman–Crippen LogP) is 4.31. The summed E-state index contributed by atoms with van der Waals surface area (Å²) >= 11 is 5.83. The molecule has 1 aliphatic heterocycles. The van der Waals surface area contributed by atoms with E-state index >= 15 is 0 Å². The number of nitrogens with two attached hydrogens (primary N) is 1. The van der Waals surface area contributed by atoms with Crippen molar-refractivity contribution in [2.24, 2.45) is 5.73 Å². The number of hydrogen-bond acceptors (Lipinski definition) is 7. The van der Waals surface area contributed by atoms with E-state index in [1.54, 1.807) is 31.4 Å². The molecule has 0 saturated carbocycles. The van der Waals surface area contributed by atoms with Gasteiger partial charge in [0.05, 0.1) is 31.0 Å². The molecule has 34 heavy (non-hydrogen) atoms. The molecule has 1 amide bonds. The molecule has 0 aliphatic carbocycles. The van der Waals surface area contributed by atoms with Gasteiger partial charge in [0.25, 0.3) is 0 Å². The lowest BCUT2D eigenvalue weighted by atomic mass is 10.2. The van der Waals surface area contributed by atoms with Crippen LogP contribution in [0.2, 0.25) is 5.02 Å². The molecule has 1 aliphatic rings. The summed E-state index contributed by atoms with van der Waals surface area (Å²) in [5.74, 6) is 0.718. The molecule has 11 heteroatoms. The Bertz CT molecular complexity index is 1170. The maximum atomic E-state index is 14.2. The molecule has 1 saturated heterocycles. The Hall–Kier alpha value is -2.88. The first-order valence-corrected chi connectivity index (χ1v) is 11.0. The van der Waals surface area contributed by atoms with Gasteiger partial charge in [0.2, 0.25) is 5.91 Å². The van der Waals surface area contributed by atoms with Crippen molar-refractivity contribution < 1.29 is 18.7 Å². The first-order chi connectivity index (χ1) is 16.0. The van der Waals surface area contributed by atoms with Crippen LogP contribution in [0.15, 0.2) is 36.7 Å². The van der Waals surface area contributed by atoms with Crippen LogP contribution in [0.4, 0.5) is 15.9 Å². The molecule has 1 atom stereocenters. The van der Waals surface area contributed by atoms with Crippen molar-refractivity contribution in [2.45, 2.75) is 25.3 Å². The normalized spacial score (nSPS) is 15.7. The number of nitrogens with one attached hydrogen (secondary N) is 1. The van der Waals surface area contributed by atoms with E-state index in [2.05, 4.69) is 20.2 Å². The van der Waals surface area contributed by atoms with Gasteiger partial charge in [-0.1, -0.05) is 11.6 Å². The minimum atomic E-state index is -0.488. The van der Waals surface area contributed by atoms with Crippen molar-refractivity contribution in [1.29, 1.82) is 0 Å². The first kappa shape index (κ1) is 25.7. The number of rotatable bonds is 9. The summed E-state index contributed by atoms with van der Waals surface area (Å²) in [5, 5.41) is 3.95. The lowest BCUT2D eigenvalue weighted by Gasteiger charge is -2.21. The van der Waals surface area contributed by atoms with Crippen molar-refractivity contribution in [1.82, 2.24) is 14.9 Å². The fraction of sp³-hybridized carbons (Fsp3) is 0.348. The van der Waals surface area contributed by atoms with Crippen LogP contribution >= 0.6 is 24.0 Å². The molecule has 1 unspecified atom stereocenters. The molecule has 4 rings (SSSR count). The van der Waals surface area contributed by atoms with Crippen LogP contribution in [0.25, 0.3) is 10.9 Å². The van der Waals surface area contributed by atoms with Gasteiger partial charge < -0.3 is 20.5 Å². The average molecular weight is 510 g/mol. The van der Waals surface area contributed by atoms with E-state index in [1.165, 1.54) is 12.4 Å². The third kappa shape index (κ3) is 5.78. The highest BCUT2D eigenvalue weighted by Gasteiger charge is 2.28. The number of carbonyl (C=O) groups excluding carboxylic acids is 1. The minimum absolute atomic E-state index is 0. The monoisotopic (exact) mass is 509 g/mol. The quantitative estimate of drug-likeness (QED) is 0.414. The maximum Gasteiger partial charge on any atom is 0.234 e. The number of anilines is 2. The van der Waals surface area contributed by atoms with Crippen LogP contribution in [0.1, 0.15) is 19.3 Å². The van der Waals surface area contributed by atoms with Crippen molar-refractivity contribution in [3.05, 3.63) is 47.5 Å². The van der Waals surface area contributed by atoms with E-state index in [0.29, 0.717) is 39.8 Å². The van der Waals surface area contributed by atoms with Crippen LogP contribution in [0.3, 0.4) is 0 Å². The fourth-order valence-corrected chi connectivity index (χ4v) is 4.18. The number of aromatic nitrogens is 2. The lowest BCUT2D eigenvalue weighted by Crippen LogP contribution is -2.40. The molecule has 0 radical (unpaired) electrons. The number of carbonyl (C=O) groups is 1. The van der Waals surface area contributed by atoms with Crippen LogP contribution in [-0.4, -0.2) is 53.6 Å². The van der Waals surface area contributed by atoms with Gasteiger partial charge in [-0.25, -0.2) is 14.4 Å². The van der Waals surface area contributed by atoms with Gasteiger partial charge in [0.15, 0.2) is 11.5 Å². The second kappa shape index (κ2) is 11.5. The molecule has 1 fully saturated rings. The molecule has 3 N–H and O–H groups in total. The smallest absolute Gasteiger partial charge is 0.234 e. The zero-order valence-corrected chi connectivity index (χ0v) is 20.2. The van der Waals surface area contributed by atoms with Crippen LogP contribution in [0, 0.1) is 5.82 Å². The van der Waals surface area contributed by atoms with Gasteiger partial charge in [-0.2, -0.15) is 0 Å². The van der Waals surface area contributed by atoms with E-state index in [0.717, 1.165) is 32.4 Å². The summed E-state index contributed by atoms with van der Waals surface area (Å²) in [6.45, 7) is 2.04. The summed E-state index contributed by atoms with van der Waals surface area (Å²) in [6, 6.07) is 7.70. The fourth-order valence-electron chi connectivity index (χ4n) is 4.02.